The number of amides is 1. The van der Waals surface area contributed by atoms with E-state index in [0.29, 0.717) is 12.3 Å². The SMILES string of the molecule is CC(C)C/C=N/N(C)C=O. The number of carbonyl (C=O) groups excluding carboxylic acids is 1. The van der Waals surface area contributed by atoms with Gasteiger partial charge in [-0.3, -0.25) is 4.79 Å². The summed E-state index contributed by atoms with van der Waals surface area (Å²) in [4.78, 5) is 9.99. The first-order chi connectivity index (χ1) is 4.66. The van der Waals surface area contributed by atoms with Gasteiger partial charge in [-0.05, 0) is 12.3 Å². The Hall–Kier alpha value is -0.860. The molecular weight excluding hydrogens is 128 g/mol. The van der Waals surface area contributed by atoms with Gasteiger partial charge in [0.25, 0.3) is 0 Å². The van der Waals surface area contributed by atoms with Crippen molar-refractivity contribution in [3.05, 3.63) is 0 Å². The van der Waals surface area contributed by atoms with E-state index in [0.717, 1.165) is 6.42 Å². The lowest BCUT2D eigenvalue weighted by Crippen LogP contribution is -2.07. The van der Waals surface area contributed by atoms with Gasteiger partial charge >= 0.3 is 0 Å². The Morgan fingerprint density at radius 2 is 2.20 bits per heavy atom. The maximum absolute atomic E-state index is 9.99. The molecule has 0 rings (SSSR count). The van der Waals surface area contributed by atoms with Gasteiger partial charge < -0.3 is 0 Å². The Bertz CT molecular complexity index is 121. The van der Waals surface area contributed by atoms with Gasteiger partial charge in [0.1, 0.15) is 0 Å². The van der Waals surface area contributed by atoms with E-state index in [2.05, 4.69) is 18.9 Å². The second-order valence-electron chi connectivity index (χ2n) is 2.61. The van der Waals surface area contributed by atoms with Crippen LogP contribution in [0.1, 0.15) is 20.3 Å². The summed E-state index contributed by atoms with van der Waals surface area (Å²) in [7, 11) is 1.61. The maximum atomic E-state index is 9.99. The molecule has 0 aromatic carbocycles. The Kier molecular flexibility index (Phi) is 4.54. The molecule has 0 aromatic heterocycles. The average molecular weight is 142 g/mol. The molecule has 0 aliphatic heterocycles. The molecule has 0 fully saturated rings. The molecule has 0 heterocycles. The van der Waals surface area contributed by atoms with E-state index in [4.69, 9.17) is 0 Å². The van der Waals surface area contributed by atoms with Gasteiger partial charge in [0.2, 0.25) is 6.41 Å². The van der Waals surface area contributed by atoms with Gasteiger partial charge in [-0.25, -0.2) is 5.01 Å². The molecule has 0 bridgehead atoms. The predicted molar refractivity (Wildman–Crippen MR) is 41.8 cm³/mol. The lowest BCUT2D eigenvalue weighted by Gasteiger charge is -2.01. The Morgan fingerprint density at radius 1 is 1.60 bits per heavy atom. The van der Waals surface area contributed by atoms with Crippen LogP contribution < -0.4 is 0 Å². The van der Waals surface area contributed by atoms with Gasteiger partial charge in [-0.1, -0.05) is 13.8 Å². The number of hydrogen-bond donors (Lipinski definition) is 0. The molecule has 0 unspecified atom stereocenters. The largest absolute Gasteiger partial charge is 0.277 e. The Balaban J connectivity index is 3.45. The van der Waals surface area contributed by atoms with Gasteiger partial charge in [0, 0.05) is 13.3 Å². The summed E-state index contributed by atoms with van der Waals surface area (Å²) in [5, 5.41) is 5.08. The third-order valence-electron chi connectivity index (χ3n) is 0.993. The number of carbonyl (C=O) groups is 1. The van der Waals surface area contributed by atoms with Crippen LogP contribution in [0.25, 0.3) is 0 Å². The minimum atomic E-state index is 0.601. The van der Waals surface area contributed by atoms with Crippen LogP contribution in [-0.4, -0.2) is 24.7 Å². The molecule has 0 aliphatic carbocycles. The first-order valence-electron chi connectivity index (χ1n) is 3.37. The van der Waals surface area contributed by atoms with Crippen LogP contribution >= 0.6 is 0 Å². The highest BCUT2D eigenvalue weighted by Crippen LogP contribution is 1.94. The number of hydrogen-bond acceptors (Lipinski definition) is 2. The normalized spacial score (nSPS) is 10.8. The van der Waals surface area contributed by atoms with Crippen molar-refractivity contribution in [2.75, 3.05) is 7.05 Å². The van der Waals surface area contributed by atoms with Gasteiger partial charge in [-0.2, -0.15) is 5.10 Å². The van der Waals surface area contributed by atoms with E-state index in [-0.39, 0.29) is 0 Å². The van der Waals surface area contributed by atoms with Crippen LogP contribution in [0.5, 0.6) is 0 Å². The third kappa shape index (κ3) is 5.28. The minimum Gasteiger partial charge on any atom is -0.277 e. The van der Waals surface area contributed by atoms with E-state index in [9.17, 15) is 4.79 Å². The molecule has 0 radical (unpaired) electrons. The van der Waals surface area contributed by atoms with Crippen LogP contribution in [-0.2, 0) is 4.79 Å². The number of rotatable bonds is 4. The van der Waals surface area contributed by atoms with E-state index < -0.39 is 0 Å². The molecule has 10 heavy (non-hydrogen) atoms. The zero-order valence-corrected chi connectivity index (χ0v) is 6.74. The third-order valence-corrected chi connectivity index (χ3v) is 0.993. The van der Waals surface area contributed by atoms with Crippen molar-refractivity contribution in [3.8, 4) is 0 Å². The van der Waals surface area contributed by atoms with Crippen molar-refractivity contribution < 1.29 is 4.79 Å². The highest BCUT2D eigenvalue weighted by atomic mass is 16.1. The molecule has 58 valence electrons. The fourth-order valence-corrected chi connectivity index (χ4v) is 0.414. The first-order valence-corrected chi connectivity index (χ1v) is 3.37. The summed E-state index contributed by atoms with van der Waals surface area (Å²) >= 11 is 0. The van der Waals surface area contributed by atoms with Crippen LogP contribution in [0.2, 0.25) is 0 Å². The maximum Gasteiger partial charge on any atom is 0.229 e. The molecule has 0 spiro atoms. The fourth-order valence-electron chi connectivity index (χ4n) is 0.414. The zero-order chi connectivity index (χ0) is 7.98. The monoisotopic (exact) mass is 142 g/mol. The van der Waals surface area contributed by atoms with Gasteiger partial charge in [0.05, 0.1) is 0 Å². The molecule has 0 aliphatic rings. The molecule has 0 saturated carbocycles. The molecule has 3 nitrogen and oxygen atoms in total. The van der Waals surface area contributed by atoms with Crippen LogP contribution in [0.4, 0.5) is 0 Å². The van der Waals surface area contributed by atoms with Gasteiger partial charge in [-0.15, -0.1) is 0 Å². The number of hydrazone groups is 1. The second-order valence-corrected chi connectivity index (χ2v) is 2.61. The van der Waals surface area contributed by atoms with E-state index >= 15 is 0 Å². The molecular formula is C7H14N2O. The quantitative estimate of drug-likeness (QED) is 0.329. The van der Waals surface area contributed by atoms with Crippen molar-refractivity contribution in [2.24, 2.45) is 11.0 Å². The predicted octanol–water partition coefficient (Wildman–Crippen LogP) is 1.11. The Morgan fingerprint density at radius 3 is 2.60 bits per heavy atom. The molecule has 0 aromatic rings. The summed E-state index contributed by atoms with van der Waals surface area (Å²) in [5.41, 5.74) is 0. The highest BCUT2D eigenvalue weighted by Gasteiger charge is 1.88. The summed E-state index contributed by atoms with van der Waals surface area (Å²) < 4.78 is 0. The summed E-state index contributed by atoms with van der Waals surface area (Å²) in [6, 6.07) is 0. The molecule has 0 saturated heterocycles. The van der Waals surface area contributed by atoms with Crippen molar-refractivity contribution in [1.29, 1.82) is 0 Å². The van der Waals surface area contributed by atoms with Gasteiger partial charge in [0.15, 0.2) is 0 Å². The van der Waals surface area contributed by atoms with Crippen molar-refractivity contribution in [2.45, 2.75) is 20.3 Å². The fraction of sp³-hybridized carbons (Fsp3) is 0.714. The molecule has 0 atom stereocenters. The van der Waals surface area contributed by atoms with Crippen LogP contribution in [0, 0.1) is 5.92 Å². The second kappa shape index (κ2) is 4.97. The summed E-state index contributed by atoms with van der Waals surface area (Å²) in [6.45, 7) is 4.21. The van der Waals surface area contributed by atoms with Crippen molar-refractivity contribution >= 4 is 12.6 Å². The lowest BCUT2D eigenvalue weighted by molar-refractivity contribution is -0.116. The minimum absolute atomic E-state index is 0.601. The topological polar surface area (TPSA) is 32.7 Å². The summed E-state index contributed by atoms with van der Waals surface area (Å²) in [5.74, 6) is 0.601. The smallest absolute Gasteiger partial charge is 0.229 e. The van der Waals surface area contributed by atoms with Crippen LogP contribution in [0.3, 0.4) is 0 Å². The van der Waals surface area contributed by atoms with E-state index in [1.165, 1.54) is 5.01 Å². The molecule has 0 N–H and O–H groups in total. The van der Waals surface area contributed by atoms with E-state index in [1.807, 2.05) is 0 Å². The summed E-state index contributed by atoms with van der Waals surface area (Å²) in [6.07, 6.45) is 3.34. The standard InChI is InChI=1S/C7H14N2O/c1-7(2)4-5-8-9(3)6-10/h5-7H,4H2,1-3H3/b8-5+. The Labute approximate surface area is 61.7 Å². The van der Waals surface area contributed by atoms with Crippen molar-refractivity contribution in [3.63, 3.8) is 0 Å². The zero-order valence-electron chi connectivity index (χ0n) is 6.74. The molecule has 1 amide bonds. The van der Waals surface area contributed by atoms with Crippen LogP contribution in [0.15, 0.2) is 5.10 Å². The lowest BCUT2D eigenvalue weighted by atomic mass is 10.2. The number of nitrogens with zero attached hydrogens (tertiary/aromatic N) is 2. The first kappa shape index (κ1) is 9.14. The highest BCUT2D eigenvalue weighted by molar-refractivity contribution is 5.59. The molecule has 3 heteroatoms. The average Bonchev–Trinajstić information content (AvgIpc) is 1.87. The van der Waals surface area contributed by atoms with Crippen molar-refractivity contribution in [1.82, 2.24) is 5.01 Å². The van der Waals surface area contributed by atoms with E-state index in [1.54, 1.807) is 13.3 Å².